The average Bonchev–Trinajstić information content (AvgIpc) is 2.31. The van der Waals surface area contributed by atoms with Crippen LogP contribution in [0.4, 0.5) is 0 Å². The Labute approximate surface area is 118 Å². The first kappa shape index (κ1) is 15.3. The van der Waals surface area contributed by atoms with Crippen LogP contribution in [-0.2, 0) is 0 Å². The van der Waals surface area contributed by atoms with Gasteiger partial charge in [0.05, 0.1) is 10.6 Å². The molecule has 1 aromatic rings. The van der Waals surface area contributed by atoms with Crippen molar-refractivity contribution in [1.29, 1.82) is 0 Å². The summed E-state index contributed by atoms with van der Waals surface area (Å²) in [5.41, 5.74) is 5.95. The van der Waals surface area contributed by atoms with Crippen LogP contribution in [0.1, 0.15) is 24.2 Å². The minimum atomic E-state index is -0.149. The van der Waals surface area contributed by atoms with Gasteiger partial charge in [0.25, 0.3) is 5.91 Å². The molecule has 0 saturated heterocycles. The maximum atomic E-state index is 12.3. The molecule has 1 amide bonds. The number of rotatable bonds is 4. The lowest BCUT2D eigenvalue weighted by molar-refractivity contribution is 0.0741. The summed E-state index contributed by atoms with van der Waals surface area (Å²) in [6.45, 7) is 5.09. The van der Waals surface area contributed by atoms with Gasteiger partial charge < -0.3 is 10.6 Å². The van der Waals surface area contributed by atoms with E-state index in [1.807, 2.05) is 13.8 Å². The normalized spacial score (nSPS) is 11.4. The van der Waals surface area contributed by atoms with Gasteiger partial charge in [0, 0.05) is 18.6 Å². The molecule has 0 aliphatic heterocycles. The van der Waals surface area contributed by atoms with E-state index in [1.54, 1.807) is 30.1 Å². The Hall–Kier alpha value is -0.770. The van der Waals surface area contributed by atoms with Crippen molar-refractivity contribution in [2.24, 2.45) is 11.1 Å². The van der Waals surface area contributed by atoms with E-state index in [2.05, 4.69) is 0 Å². The van der Waals surface area contributed by atoms with E-state index >= 15 is 0 Å². The smallest absolute Gasteiger partial charge is 0.255 e. The Kier molecular flexibility index (Phi) is 5.02. The van der Waals surface area contributed by atoms with Crippen LogP contribution in [0.15, 0.2) is 18.2 Å². The number of hydrogen-bond acceptors (Lipinski definition) is 2. The predicted octanol–water partition coefficient (Wildman–Crippen LogP) is 3.05. The summed E-state index contributed by atoms with van der Waals surface area (Å²) in [4.78, 5) is 13.9. The molecule has 0 atom stereocenters. The van der Waals surface area contributed by atoms with Crippen molar-refractivity contribution in [3.05, 3.63) is 33.8 Å². The van der Waals surface area contributed by atoms with Gasteiger partial charge in [-0.1, -0.05) is 37.0 Å². The molecule has 0 radical (unpaired) electrons. The molecule has 1 aromatic carbocycles. The molecular formula is C13H18Cl2N2O. The highest BCUT2D eigenvalue weighted by Gasteiger charge is 2.23. The van der Waals surface area contributed by atoms with Gasteiger partial charge >= 0.3 is 0 Å². The third-order valence-corrected chi connectivity index (χ3v) is 3.29. The van der Waals surface area contributed by atoms with Gasteiger partial charge in [-0.2, -0.15) is 0 Å². The van der Waals surface area contributed by atoms with E-state index in [-0.39, 0.29) is 11.3 Å². The summed E-state index contributed by atoms with van der Waals surface area (Å²) >= 11 is 11.9. The van der Waals surface area contributed by atoms with Gasteiger partial charge in [-0.25, -0.2) is 0 Å². The first-order valence-electron chi connectivity index (χ1n) is 5.67. The molecule has 18 heavy (non-hydrogen) atoms. The van der Waals surface area contributed by atoms with Gasteiger partial charge in [-0.3, -0.25) is 4.79 Å². The molecule has 0 aromatic heterocycles. The number of benzene rings is 1. The van der Waals surface area contributed by atoms with Crippen molar-refractivity contribution in [3.63, 3.8) is 0 Å². The standard InChI is InChI=1S/C13H18Cl2N2O/c1-13(2,7-16)8-17(3)12(18)10-6-9(14)4-5-11(10)15/h4-6H,7-8,16H2,1-3H3. The summed E-state index contributed by atoms with van der Waals surface area (Å²) < 4.78 is 0. The maximum absolute atomic E-state index is 12.3. The number of halogens is 2. The SMILES string of the molecule is CN(CC(C)(C)CN)C(=O)c1cc(Cl)ccc1Cl. The second-order valence-corrected chi connectivity index (χ2v) is 6.00. The Morgan fingerprint density at radius 3 is 2.56 bits per heavy atom. The number of carbonyl (C=O) groups excluding carboxylic acids is 1. The van der Waals surface area contributed by atoms with Gasteiger partial charge in [0.15, 0.2) is 0 Å². The predicted molar refractivity (Wildman–Crippen MR) is 76.3 cm³/mol. The molecule has 0 saturated carbocycles. The van der Waals surface area contributed by atoms with Crippen LogP contribution in [0, 0.1) is 5.41 Å². The number of hydrogen-bond donors (Lipinski definition) is 1. The van der Waals surface area contributed by atoms with Gasteiger partial charge in [-0.15, -0.1) is 0 Å². The van der Waals surface area contributed by atoms with Crippen LogP contribution in [0.25, 0.3) is 0 Å². The lowest BCUT2D eigenvalue weighted by Crippen LogP contribution is -2.39. The van der Waals surface area contributed by atoms with Crippen LogP contribution in [0.5, 0.6) is 0 Å². The Bertz CT molecular complexity index is 447. The van der Waals surface area contributed by atoms with E-state index in [1.165, 1.54) is 0 Å². The molecule has 0 spiro atoms. The second kappa shape index (κ2) is 5.91. The highest BCUT2D eigenvalue weighted by Crippen LogP contribution is 2.23. The van der Waals surface area contributed by atoms with Gasteiger partial charge in [0.2, 0.25) is 0 Å². The number of nitrogens with zero attached hydrogens (tertiary/aromatic N) is 1. The largest absolute Gasteiger partial charge is 0.341 e. The van der Waals surface area contributed by atoms with Crippen LogP contribution >= 0.6 is 23.2 Å². The quantitative estimate of drug-likeness (QED) is 0.926. The Balaban J connectivity index is 2.90. The molecule has 0 bridgehead atoms. The van der Waals surface area contributed by atoms with E-state index in [9.17, 15) is 4.79 Å². The van der Waals surface area contributed by atoms with Crippen LogP contribution in [0.2, 0.25) is 10.0 Å². The summed E-state index contributed by atoms with van der Waals surface area (Å²) in [7, 11) is 1.73. The lowest BCUT2D eigenvalue weighted by atomic mass is 9.93. The maximum Gasteiger partial charge on any atom is 0.255 e. The molecule has 0 fully saturated rings. The molecule has 100 valence electrons. The van der Waals surface area contributed by atoms with Crippen molar-refractivity contribution >= 4 is 29.1 Å². The van der Waals surface area contributed by atoms with Crippen molar-refractivity contribution in [1.82, 2.24) is 4.90 Å². The third kappa shape index (κ3) is 3.87. The van der Waals surface area contributed by atoms with Crippen molar-refractivity contribution in [3.8, 4) is 0 Å². The molecule has 0 aliphatic rings. The average molecular weight is 289 g/mol. The Morgan fingerprint density at radius 1 is 1.39 bits per heavy atom. The van der Waals surface area contributed by atoms with Crippen LogP contribution in [-0.4, -0.2) is 30.9 Å². The lowest BCUT2D eigenvalue weighted by Gasteiger charge is -2.29. The fourth-order valence-electron chi connectivity index (χ4n) is 1.65. The number of amides is 1. The van der Waals surface area contributed by atoms with E-state index in [0.717, 1.165) is 0 Å². The first-order valence-corrected chi connectivity index (χ1v) is 6.43. The number of carbonyl (C=O) groups is 1. The van der Waals surface area contributed by atoms with Crippen molar-refractivity contribution < 1.29 is 4.79 Å². The zero-order valence-electron chi connectivity index (χ0n) is 10.8. The molecule has 3 nitrogen and oxygen atoms in total. The van der Waals surface area contributed by atoms with Gasteiger partial charge in [-0.05, 0) is 30.2 Å². The van der Waals surface area contributed by atoms with Crippen molar-refractivity contribution in [2.45, 2.75) is 13.8 Å². The minimum Gasteiger partial charge on any atom is -0.341 e. The first-order chi connectivity index (χ1) is 8.26. The molecular weight excluding hydrogens is 271 g/mol. The van der Waals surface area contributed by atoms with E-state index in [0.29, 0.717) is 28.7 Å². The summed E-state index contributed by atoms with van der Waals surface area (Å²) in [5, 5.41) is 0.899. The fraction of sp³-hybridized carbons (Fsp3) is 0.462. The monoisotopic (exact) mass is 288 g/mol. The zero-order valence-corrected chi connectivity index (χ0v) is 12.3. The third-order valence-electron chi connectivity index (χ3n) is 2.72. The number of nitrogens with two attached hydrogens (primary N) is 1. The van der Waals surface area contributed by atoms with Crippen LogP contribution in [0.3, 0.4) is 0 Å². The topological polar surface area (TPSA) is 46.3 Å². The second-order valence-electron chi connectivity index (χ2n) is 5.15. The van der Waals surface area contributed by atoms with Crippen LogP contribution < -0.4 is 5.73 Å². The molecule has 2 N–H and O–H groups in total. The van der Waals surface area contributed by atoms with E-state index < -0.39 is 0 Å². The summed E-state index contributed by atoms with van der Waals surface area (Å²) in [6, 6.07) is 4.86. The molecule has 0 aliphatic carbocycles. The summed E-state index contributed by atoms with van der Waals surface area (Å²) in [5.74, 6) is -0.149. The molecule has 0 unspecified atom stereocenters. The van der Waals surface area contributed by atoms with E-state index in [4.69, 9.17) is 28.9 Å². The minimum absolute atomic E-state index is 0.130. The van der Waals surface area contributed by atoms with Gasteiger partial charge in [0.1, 0.15) is 0 Å². The highest BCUT2D eigenvalue weighted by atomic mass is 35.5. The summed E-state index contributed by atoms with van der Waals surface area (Å²) in [6.07, 6.45) is 0. The molecule has 0 heterocycles. The fourth-order valence-corrected chi connectivity index (χ4v) is 2.02. The van der Waals surface area contributed by atoms with Crippen molar-refractivity contribution in [2.75, 3.05) is 20.1 Å². The zero-order chi connectivity index (χ0) is 13.9. The Morgan fingerprint density at radius 2 is 2.00 bits per heavy atom. The highest BCUT2D eigenvalue weighted by molar-refractivity contribution is 6.35. The molecule has 1 rings (SSSR count). The molecule has 5 heteroatoms.